The first kappa shape index (κ1) is 16.9. The summed E-state index contributed by atoms with van der Waals surface area (Å²) in [4.78, 5) is 23.3. The number of fused-ring (bicyclic) bond motifs is 1. The summed E-state index contributed by atoms with van der Waals surface area (Å²) in [7, 11) is 0. The highest BCUT2D eigenvalue weighted by atomic mass is 16.5. The predicted octanol–water partition coefficient (Wildman–Crippen LogP) is 3.10. The molecule has 0 radical (unpaired) electrons. The lowest BCUT2D eigenvalue weighted by atomic mass is 10.1. The number of hydrogen-bond acceptors (Lipinski definition) is 5. The fraction of sp³-hybridized carbons (Fsp3) is 0.143. The van der Waals surface area contributed by atoms with Gasteiger partial charge in [-0.1, -0.05) is 30.3 Å². The summed E-state index contributed by atoms with van der Waals surface area (Å²) < 4.78 is 6.60. The number of hydrogen-bond donors (Lipinski definition) is 2. The number of cyclic esters (lactones) is 1. The third-order valence-corrected chi connectivity index (χ3v) is 4.83. The molecule has 0 bridgehead atoms. The summed E-state index contributed by atoms with van der Waals surface area (Å²) >= 11 is 0. The van der Waals surface area contributed by atoms with Crippen LogP contribution in [0.2, 0.25) is 0 Å². The number of ether oxygens (including phenoxy) is 1. The molecule has 2 N–H and O–H groups in total. The molecule has 136 valence electrons. The molecule has 1 aliphatic rings. The Labute approximate surface area is 154 Å². The molecule has 1 fully saturated rings. The van der Waals surface area contributed by atoms with Crippen LogP contribution in [0.1, 0.15) is 16.7 Å². The maximum Gasteiger partial charge on any atom is 0.379 e. The lowest BCUT2D eigenvalue weighted by Crippen LogP contribution is -2.08. The molecule has 6 heteroatoms. The molecule has 1 aliphatic heterocycles. The summed E-state index contributed by atoms with van der Waals surface area (Å²) in [5.74, 6) is -2.20. The minimum absolute atomic E-state index is 0.0177. The second-order valence-electron chi connectivity index (χ2n) is 6.50. The molecule has 0 amide bonds. The van der Waals surface area contributed by atoms with Crippen molar-refractivity contribution in [2.45, 2.75) is 13.5 Å². The number of phenolic OH excluding ortho intramolecular Hbond substituents is 1. The van der Waals surface area contributed by atoms with Crippen molar-refractivity contribution in [2.24, 2.45) is 0 Å². The van der Waals surface area contributed by atoms with Crippen LogP contribution in [0.5, 0.6) is 5.75 Å². The van der Waals surface area contributed by atoms with Crippen LogP contribution in [0, 0.1) is 6.92 Å². The van der Waals surface area contributed by atoms with Gasteiger partial charge in [0.15, 0.2) is 0 Å². The molecule has 27 heavy (non-hydrogen) atoms. The summed E-state index contributed by atoms with van der Waals surface area (Å²) in [5.41, 5.74) is 3.11. The monoisotopic (exact) mass is 363 g/mol. The first-order chi connectivity index (χ1) is 13.0. The number of rotatable bonds is 3. The highest BCUT2D eigenvalue weighted by Crippen LogP contribution is 2.35. The number of aliphatic hydroxyl groups is 1. The number of aryl methyl sites for hydroxylation is 1. The molecule has 4 rings (SSSR count). The summed E-state index contributed by atoms with van der Waals surface area (Å²) in [5, 5.41) is 21.5. The summed E-state index contributed by atoms with van der Waals surface area (Å²) in [6.45, 7) is 2.26. The number of Topliss-reactive ketones (excluding diaryl/α,β-unsaturated/α-hetero) is 1. The van der Waals surface area contributed by atoms with Gasteiger partial charge in [0.2, 0.25) is 0 Å². The number of aromatic hydroxyl groups is 1. The third-order valence-electron chi connectivity index (χ3n) is 4.83. The fourth-order valence-corrected chi connectivity index (χ4v) is 3.35. The van der Waals surface area contributed by atoms with Gasteiger partial charge in [-0.05, 0) is 30.2 Å². The van der Waals surface area contributed by atoms with E-state index in [0.717, 1.165) is 11.1 Å². The number of ketones is 1. The Morgan fingerprint density at radius 2 is 1.93 bits per heavy atom. The van der Waals surface area contributed by atoms with E-state index in [9.17, 15) is 19.8 Å². The van der Waals surface area contributed by atoms with Gasteiger partial charge in [-0.3, -0.25) is 4.79 Å². The van der Waals surface area contributed by atoms with Gasteiger partial charge in [0.25, 0.3) is 5.78 Å². The maximum atomic E-state index is 11.9. The number of carbonyl (C=O) groups excluding carboxylic acids is 2. The van der Waals surface area contributed by atoms with Crippen molar-refractivity contribution in [1.82, 2.24) is 4.57 Å². The Morgan fingerprint density at radius 1 is 1.15 bits per heavy atom. The van der Waals surface area contributed by atoms with Crippen LogP contribution in [0.4, 0.5) is 0 Å². The Bertz CT molecular complexity index is 1120. The van der Waals surface area contributed by atoms with E-state index in [4.69, 9.17) is 4.74 Å². The molecular weight excluding hydrogens is 346 g/mol. The van der Waals surface area contributed by atoms with Crippen LogP contribution in [-0.4, -0.2) is 33.1 Å². The second kappa shape index (κ2) is 6.32. The van der Waals surface area contributed by atoms with E-state index < -0.39 is 11.8 Å². The second-order valence-corrected chi connectivity index (χ2v) is 6.50. The fourth-order valence-electron chi connectivity index (χ4n) is 3.35. The largest absolute Gasteiger partial charge is 0.507 e. The van der Waals surface area contributed by atoms with Crippen molar-refractivity contribution in [3.05, 3.63) is 70.9 Å². The van der Waals surface area contributed by atoms with E-state index in [1.54, 1.807) is 12.3 Å². The van der Waals surface area contributed by atoms with Crippen LogP contribution < -0.4 is 0 Å². The lowest BCUT2D eigenvalue weighted by Gasteiger charge is -2.08. The van der Waals surface area contributed by atoms with Gasteiger partial charge in [-0.25, -0.2) is 4.79 Å². The highest BCUT2D eigenvalue weighted by Gasteiger charge is 2.33. The average molecular weight is 363 g/mol. The molecule has 0 unspecified atom stereocenters. The van der Waals surface area contributed by atoms with Gasteiger partial charge in [-0.2, -0.15) is 0 Å². The van der Waals surface area contributed by atoms with E-state index in [-0.39, 0.29) is 23.7 Å². The topological polar surface area (TPSA) is 88.8 Å². The van der Waals surface area contributed by atoms with Crippen molar-refractivity contribution in [1.29, 1.82) is 0 Å². The van der Waals surface area contributed by atoms with Gasteiger partial charge >= 0.3 is 5.97 Å². The molecule has 0 aliphatic carbocycles. The number of aromatic nitrogens is 1. The smallest absolute Gasteiger partial charge is 0.379 e. The maximum absolute atomic E-state index is 11.9. The normalized spacial score (nSPS) is 16.0. The molecule has 2 heterocycles. The van der Waals surface area contributed by atoms with Crippen molar-refractivity contribution < 1.29 is 24.5 Å². The standard InChI is InChI=1S/C21H17NO5/c1-12-5-2-3-6-13(12)9-22-10-14(18-16(22)7-4-8-17(18)23)19(24)15-11-27-21(26)20(15)25/h2-8,10,23-24H,9,11H2,1H3/b19-15-. The lowest BCUT2D eigenvalue weighted by molar-refractivity contribution is -0.146. The van der Waals surface area contributed by atoms with Crippen molar-refractivity contribution in [2.75, 3.05) is 6.61 Å². The number of esters is 1. The number of aliphatic hydroxyl groups excluding tert-OH is 1. The molecular formula is C21H17NO5. The molecule has 1 aromatic heterocycles. The minimum atomic E-state index is -0.982. The van der Waals surface area contributed by atoms with Crippen LogP contribution in [0.3, 0.4) is 0 Å². The highest BCUT2D eigenvalue weighted by molar-refractivity contribution is 6.43. The van der Waals surface area contributed by atoms with Gasteiger partial charge in [0.1, 0.15) is 18.1 Å². The van der Waals surface area contributed by atoms with Gasteiger partial charge in [-0.15, -0.1) is 0 Å². The Morgan fingerprint density at radius 3 is 2.63 bits per heavy atom. The number of carbonyl (C=O) groups is 2. The molecule has 3 aromatic rings. The summed E-state index contributed by atoms with van der Waals surface area (Å²) in [6.07, 6.45) is 1.68. The SMILES string of the molecule is Cc1ccccc1Cn1cc(/C(O)=C2\COC(=O)C2=O)c2c(O)cccc21. The molecule has 6 nitrogen and oxygen atoms in total. The van der Waals surface area contributed by atoms with Crippen molar-refractivity contribution in [3.8, 4) is 5.75 Å². The van der Waals surface area contributed by atoms with Crippen LogP contribution >= 0.6 is 0 Å². The number of phenols is 1. The van der Waals surface area contributed by atoms with Crippen LogP contribution in [0.15, 0.2) is 54.2 Å². The third kappa shape index (κ3) is 2.75. The van der Waals surface area contributed by atoms with Gasteiger partial charge in [0.05, 0.1) is 16.5 Å². The molecule has 0 saturated carbocycles. The Kier molecular flexibility index (Phi) is 3.96. The van der Waals surface area contributed by atoms with Crippen LogP contribution in [-0.2, 0) is 20.9 Å². The Balaban J connectivity index is 1.90. The van der Waals surface area contributed by atoms with Gasteiger partial charge in [0, 0.05) is 18.3 Å². The predicted molar refractivity (Wildman–Crippen MR) is 99.4 cm³/mol. The van der Waals surface area contributed by atoms with E-state index in [2.05, 4.69) is 0 Å². The molecule has 0 atom stereocenters. The van der Waals surface area contributed by atoms with Crippen LogP contribution in [0.25, 0.3) is 16.7 Å². The minimum Gasteiger partial charge on any atom is -0.507 e. The zero-order valence-corrected chi connectivity index (χ0v) is 14.6. The summed E-state index contributed by atoms with van der Waals surface area (Å²) in [6, 6.07) is 13.0. The zero-order chi connectivity index (χ0) is 19.1. The first-order valence-corrected chi connectivity index (χ1v) is 8.46. The Hall–Kier alpha value is -3.54. The van der Waals surface area contributed by atoms with Crippen molar-refractivity contribution in [3.63, 3.8) is 0 Å². The van der Waals surface area contributed by atoms with Gasteiger partial charge < -0.3 is 19.5 Å². The zero-order valence-electron chi connectivity index (χ0n) is 14.6. The van der Waals surface area contributed by atoms with Crippen molar-refractivity contribution >= 4 is 28.4 Å². The van der Waals surface area contributed by atoms with E-state index in [1.807, 2.05) is 41.8 Å². The molecule has 0 spiro atoms. The van der Waals surface area contributed by atoms with E-state index in [1.165, 1.54) is 6.07 Å². The van der Waals surface area contributed by atoms with E-state index >= 15 is 0 Å². The first-order valence-electron chi connectivity index (χ1n) is 8.46. The number of nitrogens with zero attached hydrogens (tertiary/aromatic N) is 1. The van der Waals surface area contributed by atoms with E-state index in [0.29, 0.717) is 23.0 Å². The quantitative estimate of drug-likeness (QED) is 0.323. The molecule has 2 aromatic carbocycles. The average Bonchev–Trinajstić information content (AvgIpc) is 3.19. The number of benzene rings is 2. The molecule has 1 saturated heterocycles.